The van der Waals surface area contributed by atoms with Crippen LogP contribution in [0.3, 0.4) is 0 Å². The number of carboxylic acid groups (broad SMARTS) is 1. The lowest BCUT2D eigenvalue weighted by atomic mass is 10.0. The first-order valence-electron chi connectivity index (χ1n) is 9.67. The quantitative estimate of drug-likeness (QED) is 0.369. The monoisotopic (exact) mass is 355 g/mol. The summed E-state index contributed by atoms with van der Waals surface area (Å²) in [7, 11) is 0. The molecule has 2 N–H and O–H groups in total. The van der Waals surface area contributed by atoms with E-state index in [1.54, 1.807) is 4.90 Å². The molecule has 0 aromatic carbocycles. The van der Waals surface area contributed by atoms with Gasteiger partial charge in [0, 0.05) is 13.0 Å². The van der Waals surface area contributed by atoms with E-state index in [-0.39, 0.29) is 30.6 Å². The lowest BCUT2D eigenvalue weighted by molar-refractivity contribution is -0.137. The first-order chi connectivity index (χ1) is 12.0. The molecule has 0 spiro atoms. The van der Waals surface area contributed by atoms with Crippen molar-refractivity contribution < 1.29 is 24.6 Å². The van der Waals surface area contributed by atoms with Crippen LogP contribution in [-0.4, -0.2) is 51.5 Å². The van der Waals surface area contributed by atoms with E-state index in [1.165, 1.54) is 0 Å². The van der Waals surface area contributed by atoms with Gasteiger partial charge in [0.05, 0.1) is 18.6 Å². The van der Waals surface area contributed by atoms with Gasteiger partial charge in [0.2, 0.25) is 5.91 Å². The van der Waals surface area contributed by atoms with Crippen LogP contribution in [-0.2, 0) is 14.4 Å². The van der Waals surface area contributed by atoms with Crippen LogP contribution < -0.4 is 0 Å². The number of likely N-dealkylation sites (tertiary alicyclic amines) is 1. The number of ketones is 1. The molecule has 1 aliphatic heterocycles. The summed E-state index contributed by atoms with van der Waals surface area (Å²) in [4.78, 5) is 36.2. The Morgan fingerprint density at radius 1 is 1.12 bits per heavy atom. The Bertz CT molecular complexity index is 438. The topological polar surface area (TPSA) is 94.9 Å². The fraction of sp³-hybridized carbons (Fsp3) is 0.842. The number of aliphatic hydroxyl groups excluding tert-OH is 1. The van der Waals surface area contributed by atoms with Gasteiger partial charge < -0.3 is 15.1 Å². The molecular formula is C19H33NO5. The molecule has 1 saturated heterocycles. The minimum Gasteiger partial charge on any atom is -0.481 e. The highest BCUT2D eigenvalue weighted by Gasteiger charge is 2.37. The first kappa shape index (κ1) is 21.6. The van der Waals surface area contributed by atoms with E-state index in [0.717, 1.165) is 44.9 Å². The summed E-state index contributed by atoms with van der Waals surface area (Å²) in [6, 6.07) is -0.352. The zero-order valence-corrected chi connectivity index (χ0v) is 15.4. The summed E-state index contributed by atoms with van der Waals surface area (Å²) in [5, 5.41) is 18.6. The molecule has 2 unspecified atom stereocenters. The molecule has 0 aliphatic carbocycles. The van der Waals surface area contributed by atoms with Gasteiger partial charge in [0.25, 0.3) is 0 Å². The Kier molecular flexibility index (Phi) is 10.4. The maximum atomic E-state index is 12.1. The number of amides is 1. The summed E-state index contributed by atoms with van der Waals surface area (Å²) in [6.45, 7) is 2.56. The molecule has 6 heteroatoms. The largest absolute Gasteiger partial charge is 0.481 e. The van der Waals surface area contributed by atoms with Crippen molar-refractivity contribution >= 4 is 17.7 Å². The van der Waals surface area contributed by atoms with E-state index in [0.29, 0.717) is 25.8 Å². The Morgan fingerprint density at radius 2 is 1.84 bits per heavy atom. The smallest absolute Gasteiger partial charge is 0.303 e. The summed E-state index contributed by atoms with van der Waals surface area (Å²) < 4.78 is 0. The van der Waals surface area contributed by atoms with E-state index in [1.807, 2.05) is 0 Å². The van der Waals surface area contributed by atoms with Gasteiger partial charge in [-0.05, 0) is 25.7 Å². The van der Waals surface area contributed by atoms with Crippen molar-refractivity contribution in [1.29, 1.82) is 0 Å². The van der Waals surface area contributed by atoms with Crippen molar-refractivity contribution in [1.82, 2.24) is 4.90 Å². The van der Waals surface area contributed by atoms with Crippen LogP contribution >= 0.6 is 0 Å². The number of rotatable bonds is 14. The van der Waals surface area contributed by atoms with Crippen LogP contribution in [0.2, 0.25) is 0 Å². The third-order valence-electron chi connectivity index (χ3n) is 4.86. The van der Waals surface area contributed by atoms with Crippen molar-refractivity contribution in [2.24, 2.45) is 0 Å². The number of Topliss-reactive ketones (excluding diaryl/α,β-unsaturated/α-hetero) is 1. The molecule has 1 fully saturated rings. The maximum Gasteiger partial charge on any atom is 0.303 e. The SMILES string of the molecule is CCCCCC(O)CCN1C(=O)CC(=O)C1CCCCCCC(=O)O. The number of hydrogen-bond donors (Lipinski definition) is 2. The Hall–Kier alpha value is -1.43. The van der Waals surface area contributed by atoms with Gasteiger partial charge in [-0.1, -0.05) is 45.4 Å². The number of hydrogen-bond acceptors (Lipinski definition) is 4. The zero-order chi connectivity index (χ0) is 18.7. The lowest BCUT2D eigenvalue weighted by Gasteiger charge is -2.25. The normalized spacial score (nSPS) is 18.8. The number of nitrogens with zero attached hydrogens (tertiary/aromatic N) is 1. The van der Waals surface area contributed by atoms with Crippen LogP contribution in [0, 0.1) is 0 Å². The molecule has 1 amide bonds. The van der Waals surface area contributed by atoms with Crippen LogP contribution in [0.1, 0.15) is 84.0 Å². The number of unbranched alkanes of at least 4 members (excludes halogenated alkanes) is 5. The van der Waals surface area contributed by atoms with E-state index in [9.17, 15) is 19.5 Å². The highest BCUT2D eigenvalue weighted by atomic mass is 16.4. The number of aliphatic hydroxyl groups is 1. The minimum absolute atomic E-state index is 0.0176. The summed E-state index contributed by atoms with van der Waals surface area (Å²) in [6.07, 6.45) is 8.05. The van der Waals surface area contributed by atoms with Crippen molar-refractivity contribution in [2.45, 2.75) is 96.1 Å². The third-order valence-corrected chi connectivity index (χ3v) is 4.86. The van der Waals surface area contributed by atoms with E-state index in [4.69, 9.17) is 5.11 Å². The molecule has 2 atom stereocenters. The predicted octanol–water partition coefficient (Wildman–Crippen LogP) is 2.91. The fourth-order valence-corrected chi connectivity index (χ4v) is 3.34. The van der Waals surface area contributed by atoms with Gasteiger partial charge in [0.15, 0.2) is 5.78 Å². The average molecular weight is 355 g/mol. The Balaban J connectivity index is 2.31. The van der Waals surface area contributed by atoms with Gasteiger partial charge in [-0.15, -0.1) is 0 Å². The molecule has 1 aliphatic rings. The van der Waals surface area contributed by atoms with E-state index >= 15 is 0 Å². The molecule has 0 radical (unpaired) electrons. The summed E-state index contributed by atoms with van der Waals surface area (Å²) >= 11 is 0. The summed E-state index contributed by atoms with van der Waals surface area (Å²) in [5.74, 6) is -0.919. The molecule has 0 bridgehead atoms. The third kappa shape index (κ3) is 8.47. The average Bonchev–Trinajstić information content (AvgIpc) is 2.82. The molecule has 0 saturated carbocycles. The second kappa shape index (κ2) is 12.0. The van der Waals surface area contributed by atoms with Crippen molar-refractivity contribution in [3.8, 4) is 0 Å². The number of carbonyl (C=O) groups excluding carboxylic acids is 2. The molecule has 1 rings (SSSR count). The number of carboxylic acids is 1. The standard InChI is InChI=1S/C19H33NO5/c1-2-3-6-9-15(21)12-13-20-16(17(22)14-18(20)23)10-7-4-5-8-11-19(24)25/h15-16,21H,2-14H2,1H3,(H,24,25). The van der Waals surface area contributed by atoms with Crippen molar-refractivity contribution in [3.05, 3.63) is 0 Å². The summed E-state index contributed by atoms with van der Waals surface area (Å²) in [5.41, 5.74) is 0. The van der Waals surface area contributed by atoms with Crippen LogP contribution in [0.4, 0.5) is 0 Å². The minimum atomic E-state index is -0.778. The van der Waals surface area contributed by atoms with Gasteiger partial charge in [-0.25, -0.2) is 0 Å². The van der Waals surface area contributed by atoms with Gasteiger partial charge in [-0.2, -0.15) is 0 Å². The van der Waals surface area contributed by atoms with E-state index < -0.39 is 12.1 Å². The molecular weight excluding hydrogens is 322 g/mol. The second-order valence-electron chi connectivity index (χ2n) is 7.03. The van der Waals surface area contributed by atoms with Gasteiger partial charge in [0.1, 0.15) is 0 Å². The molecule has 6 nitrogen and oxygen atoms in total. The van der Waals surface area contributed by atoms with Crippen molar-refractivity contribution in [2.75, 3.05) is 6.54 Å². The van der Waals surface area contributed by atoms with Crippen molar-refractivity contribution in [3.63, 3.8) is 0 Å². The molecule has 1 heterocycles. The van der Waals surface area contributed by atoms with Gasteiger partial charge >= 0.3 is 5.97 Å². The van der Waals surface area contributed by atoms with Crippen LogP contribution in [0.25, 0.3) is 0 Å². The molecule has 25 heavy (non-hydrogen) atoms. The number of aliphatic carboxylic acids is 1. The number of carbonyl (C=O) groups is 3. The second-order valence-corrected chi connectivity index (χ2v) is 7.03. The van der Waals surface area contributed by atoms with Gasteiger partial charge in [-0.3, -0.25) is 14.4 Å². The van der Waals surface area contributed by atoms with Crippen LogP contribution in [0.5, 0.6) is 0 Å². The zero-order valence-electron chi connectivity index (χ0n) is 15.4. The molecule has 0 aromatic heterocycles. The highest BCUT2D eigenvalue weighted by Crippen LogP contribution is 2.22. The first-order valence-corrected chi connectivity index (χ1v) is 9.67. The predicted molar refractivity (Wildman–Crippen MR) is 95.2 cm³/mol. The maximum absolute atomic E-state index is 12.1. The highest BCUT2D eigenvalue weighted by molar-refractivity contribution is 6.07. The Labute approximate surface area is 150 Å². The fourth-order valence-electron chi connectivity index (χ4n) is 3.34. The lowest BCUT2D eigenvalue weighted by Crippen LogP contribution is -2.37. The van der Waals surface area contributed by atoms with E-state index in [2.05, 4.69) is 6.92 Å². The van der Waals surface area contributed by atoms with Crippen LogP contribution in [0.15, 0.2) is 0 Å². The Morgan fingerprint density at radius 3 is 2.52 bits per heavy atom. The molecule has 144 valence electrons. The molecule has 0 aromatic rings.